The molecular weight excluding hydrogens is 410 g/mol. The summed E-state index contributed by atoms with van der Waals surface area (Å²) < 4.78 is 11.4. The van der Waals surface area contributed by atoms with Crippen LogP contribution in [-0.4, -0.2) is 42.1 Å². The highest BCUT2D eigenvalue weighted by atomic mass is 32.1. The number of rotatable bonds is 6. The molecule has 3 heterocycles. The molecule has 2 aromatic carbocycles. The number of nitrogens with zero attached hydrogens (tertiary/aromatic N) is 2. The summed E-state index contributed by atoms with van der Waals surface area (Å²) in [5.41, 5.74) is 2.21. The molecule has 2 unspecified atom stereocenters. The fraction of sp³-hybridized carbons (Fsp3) is 0.333. The maximum absolute atomic E-state index is 13.1. The van der Waals surface area contributed by atoms with E-state index in [4.69, 9.17) is 9.47 Å². The first kappa shape index (κ1) is 20.0. The second-order valence-electron chi connectivity index (χ2n) is 7.81. The van der Waals surface area contributed by atoms with Crippen molar-refractivity contribution in [1.82, 2.24) is 15.2 Å². The summed E-state index contributed by atoms with van der Waals surface area (Å²) in [5, 5.41) is 6.04. The SMILES string of the molecule is O=C(CN1CCCC1c1ccc2c(c1)OCCO2)NC(c1ccccc1)c1nccs1. The van der Waals surface area contributed by atoms with E-state index in [1.807, 2.05) is 41.8 Å². The first-order valence-corrected chi connectivity index (χ1v) is 11.5. The highest BCUT2D eigenvalue weighted by Gasteiger charge is 2.30. The summed E-state index contributed by atoms with van der Waals surface area (Å²) in [4.78, 5) is 19.8. The van der Waals surface area contributed by atoms with Crippen molar-refractivity contribution in [2.75, 3.05) is 26.3 Å². The van der Waals surface area contributed by atoms with E-state index < -0.39 is 0 Å². The van der Waals surface area contributed by atoms with Crippen LogP contribution in [0.15, 0.2) is 60.1 Å². The smallest absolute Gasteiger partial charge is 0.235 e. The van der Waals surface area contributed by atoms with Crippen molar-refractivity contribution in [2.45, 2.75) is 24.9 Å². The average Bonchev–Trinajstić information content (AvgIpc) is 3.50. The Morgan fingerprint density at radius 3 is 2.81 bits per heavy atom. The predicted molar refractivity (Wildman–Crippen MR) is 120 cm³/mol. The van der Waals surface area contributed by atoms with Gasteiger partial charge in [-0.3, -0.25) is 9.69 Å². The number of nitrogens with one attached hydrogen (secondary N) is 1. The fourth-order valence-corrected chi connectivity index (χ4v) is 5.08. The van der Waals surface area contributed by atoms with Gasteiger partial charge in [-0.05, 0) is 42.6 Å². The van der Waals surface area contributed by atoms with Crippen molar-refractivity contribution in [3.05, 3.63) is 76.2 Å². The van der Waals surface area contributed by atoms with Crippen LogP contribution >= 0.6 is 11.3 Å². The van der Waals surface area contributed by atoms with Gasteiger partial charge < -0.3 is 14.8 Å². The number of hydrogen-bond donors (Lipinski definition) is 1. The lowest BCUT2D eigenvalue weighted by molar-refractivity contribution is -0.123. The number of amides is 1. The minimum absolute atomic E-state index is 0.00787. The predicted octanol–water partition coefficient (Wildman–Crippen LogP) is 3.96. The summed E-state index contributed by atoms with van der Waals surface area (Å²) in [7, 11) is 0. The number of benzene rings is 2. The van der Waals surface area contributed by atoms with Crippen LogP contribution in [0.5, 0.6) is 11.5 Å². The van der Waals surface area contributed by atoms with Gasteiger partial charge in [0, 0.05) is 17.6 Å². The number of fused-ring (bicyclic) bond motifs is 1. The van der Waals surface area contributed by atoms with E-state index in [-0.39, 0.29) is 18.0 Å². The lowest BCUT2D eigenvalue weighted by atomic mass is 10.0. The second kappa shape index (κ2) is 9.08. The Hall–Kier alpha value is -2.90. The van der Waals surface area contributed by atoms with E-state index in [1.165, 1.54) is 5.56 Å². The second-order valence-corrected chi connectivity index (χ2v) is 8.74. The van der Waals surface area contributed by atoms with E-state index in [1.54, 1.807) is 17.5 Å². The third kappa shape index (κ3) is 4.43. The summed E-state index contributed by atoms with van der Waals surface area (Å²) in [6.45, 7) is 2.42. The molecule has 1 fully saturated rings. The van der Waals surface area contributed by atoms with Crippen molar-refractivity contribution < 1.29 is 14.3 Å². The number of aromatic nitrogens is 1. The van der Waals surface area contributed by atoms with Gasteiger partial charge in [-0.15, -0.1) is 11.3 Å². The Morgan fingerprint density at radius 2 is 2.00 bits per heavy atom. The molecule has 1 aromatic heterocycles. The molecule has 7 heteroatoms. The molecule has 5 rings (SSSR count). The quantitative estimate of drug-likeness (QED) is 0.635. The van der Waals surface area contributed by atoms with Crippen LogP contribution in [0.2, 0.25) is 0 Å². The third-order valence-corrected chi connectivity index (χ3v) is 6.64. The first-order chi connectivity index (χ1) is 15.3. The van der Waals surface area contributed by atoms with Gasteiger partial charge >= 0.3 is 0 Å². The van der Waals surface area contributed by atoms with E-state index >= 15 is 0 Å². The number of ether oxygens (including phenoxy) is 2. The molecular formula is C24H25N3O3S. The van der Waals surface area contributed by atoms with E-state index in [9.17, 15) is 4.79 Å². The molecule has 0 saturated carbocycles. The zero-order chi connectivity index (χ0) is 21.0. The zero-order valence-electron chi connectivity index (χ0n) is 17.2. The number of likely N-dealkylation sites (tertiary alicyclic amines) is 1. The van der Waals surface area contributed by atoms with Gasteiger partial charge in [0.1, 0.15) is 24.3 Å². The van der Waals surface area contributed by atoms with E-state index in [0.29, 0.717) is 19.8 Å². The highest BCUT2D eigenvalue weighted by Crippen LogP contribution is 2.38. The molecule has 31 heavy (non-hydrogen) atoms. The molecule has 0 radical (unpaired) electrons. The molecule has 2 aliphatic heterocycles. The Kier molecular flexibility index (Phi) is 5.86. The molecule has 3 aromatic rings. The first-order valence-electron chi connectivity index (χ1n) is 10.7. The number of carbonyl (C=O) groups is 1. The molecule has 2 atom stereocenters. The van der Waals surface area contributed by atoms with E-state index in [0.717, 1.165) is 41.5 Å². The van der Waals surface area contributed by atoms with Crippen LogP contribution in [-0.2, 0) is 4.79 Å². The van der Waals surface area contributed by atoms with Crippen molar-refractivity contribution in [2.24, 2.45) is 0 Å². The topological polar surface area (TPSA) is 63.7 Å². The van der Waals surface area contributed by atoms with Gasteiger partial charge in [-0.25, -0.2) is 4.98 Å². The van der Waals surface area contributed by atoms with Gasteiger partial charge in [-0.2, -0.15) is 0 Å². The maximum Gasteiger partial charge on any atom is 0.235 e. The van der Waals surface area contributed by atoms with Gasteiger partial charge in [0.25, 0.3) is 0 Å². The van der Waals surface area contributed by atoms with Gasteiger partial charge in [0.15, 0.2) is 11.5 Å². The number of hydrogen-bond acceptors (Lipinski definition) is 6. The number of carbonyl (C=O) groups excluding carboxylic acids is 1. The van der Waals surface area contributed by atoms with Gasteiger partial charge in [0.2, 0.25) is 5.91 Å². The third-order valence-electron chi connectivity index (χ3n) is 5.80. The standard InChI is InChI=1S/C24H25N3O3S/c28-22(26-23(24-25-10-14-31-24)17-5-2-1-3-6-17)16-27-11-4-7-19(27)18-8-9-20-21(15-18)30-13-12-29-20/h1-3,5-6,8-10,14-15,19,23H,4,7,11-13,16H2,(H,26,28). The maximum atomic E-state index is 13.1. The lowest BCUT2D eigenvalue weighted by Gasteiger charge is -2.27. The van der Waals surface area contributed by atoms with Crippen LogP contribution in [0.25, 0.3) is 0 Å². The van der Waals surface area contributed by atoms with Crippen LogP contribution < -0.4 is 14.8 Å². The van der Waals surface area contributed by atoms with Crippen molar-refractivity contribution in [1.29, 1.82) is 0 Å². The minimum atomic E-state index is -0.232. The summed E-state index contributed by atoms with van der Waals surface area (Å²) in [6, 6.07) is 16.1. The Balaban J connectivity index is 1.30. The van der Waals surface area contributed by atoms with Gasteiger partial charge in [-0.1, -0.05) is 36.4 Å². The number of thiazole rings is 1. The van der Waals surface area contributed by atoms with Crippen molar-refractivity contribution in [3.8, 4) is 11.5 Å². The van der Waals surface area contributed by atoms with Crippen molar-refractivity contribution in [3.63, 3.8) is 0 Å². The molecule has 2 aliphatic rings. The van der Waals surface area contributed by atoms with Crippen LogP contribution in [0, 0.1) is 0 Å². The summed E-state index contributed by atoms with van der Waals surface area (Å²) >= 11 is 1.56. The Bertz CT molecular complexity index is 1030. The summed E-state index contributed by atoms with van der Waals surface area (Å²) in [6.07, 6.45) is 3.88. The molecule has 0 bridgehead atoms. The normalized spacial score (nSPS) is 19.2. The van der Waals surface area contributed by atoms with E-state index in [2.05, 4.69) is 27.3 Å². The molecule has 6 nitrogen and oxygen atoms in total. The Morgan fingerprint density at radius 1 is 1.16 bits per heavy atom. The molecule has 0 spiro atoms. The van der Waals surface area contributed by atoms with Crippen LogP contribution in [0.3, 0.4) is 0 Å². The van der Waals surface area contributed by atoms with Crippen molar-refractivity contribution >= 4 is 17.2 Å². The zero-order valence-corrected chi connectivity index (χ0v) is 18.0. The molecule has 1 amide bonds. The van der Waals surface area contributed by atoms with Crippen LogP contribution in [0.4, 0.5) is 0 Å². The van der Waals surface area contributed by atoms with Gasteiger partial charge in [0.05, 0.1) is 6.54 Å². The Labute approximate surface area is 185 Å². The molecule has 0 aliphatic carbocycles. The fourth-order valence-electron chi connectivity index (χ4n) is 4.36. The average molecular weight is 436 g/mol. The lowest BCUT2D eigenvalue weighted by Crippen LogP contribution is -2.39. The minimum Gasteiger partial charge on any atom is -0.486 e. The largest absolute Gasteiger partial charge is 0.486 e. The summed E-state index contributed by atoms with van der Waals surface area (Å²) in [5.74, 6) is 1.60. The molecule has 1 N–H and O–H groups in total. The monoisotopic (exact) mass is 435 g/mol. The molecule has 160 valence electrons. The van der Waals surface area contributed by atoms with Crippen LogP contribution in [0.1, 0.15) is 41.1 Å². The molecule has 1 saturated heterocycles. The highest BCUT2D eigenvalue weighted by molar-refractivity contribution is 7.09.